The third-order valence-corrected chi connectivity index (χ3v) is 4.54. The van der Waals surface area contributed by atoms with Crippen molar-refractivity contribution in [3.8, 4) is 0 Å². The second kappa shape index (κ2) is 9.00. The number of carbonyl (C=O) groups excluding carboxylic acids is 2. The molecule has 0 atom stereocenters. The van der Waals surface area contributed by atoms with Crippen LogP contribution >= 0.6 is 22.9 Å². The van der Waals surface area contributed by atoms with E-state index in [0.29, 0.717) is 28.0 Å². The van der Waals surface area contributed by atoms with E-state index in [1.807, 2.05) is 27.7 Å². The van der Waals surface area contributed by atoms with Crippen LogP contribution in [0.5, 0.6) is 0 Å². The van der Waals surface area contributed by atoms with Crippen LogP contribution in [0.15, 0.2) is 29.6 Å². The van der Waals surface area contributed by atoms with Crippen LogP contribution in [0.1, 0.15) is 43.2 Å². The van der Waals surface area contributed by atoms with Gasteiger partial charge in [-0.05, 0) is 45.9 Å². The Morgan fingerprint density at radius 2 is 2.00 bits per heavy atom. The Kier molecular flexibility index (Phi) is 6.99. The molecule has 0 saturated carbocycles. The van der Waals surface area contributed by atoms with E-state index in [2.05, 4.69) is 15.6 Å². The highest BCUT2D eigenvalue weighted by Gasteiger charge is 2.20. The van der Waals surface area contributed by atoms with Gasteiger partial charge in [0.25, 0.3) is 5.91 Å². The largest absolute Gasteiger partial charge is 0.349 e. The summed E-state index contributed by atoms with van der Waals surface area (Å²) < 4.78 is 0. The second-order valence-electron chi connectivity index (χ2n) is 6.42. The molecule has 2 N–H and O–H groups in total. The molecular formula is C18H23ClN4O2S. The predicted octanol–water partition coefficient (Wildman–Crippen LogP) is 4.38. The van der Waals surface area contributed by atoms with Crippen molar-refractivity contribution in [2.45, 2.75) is 46.3 Å². The van der Waals surface area contributed by atoms with Crippen LogP contribution in [0.4, 0.5) is 10.5 Å². The van der Waals surface area contributed by atoms with Crippen LogP contribution < -0.4 is 10.6 Å². The molecule has 2 aromatic rings. The zero-order valence-electron chi connectivity index (χ0n) is 15.2. The quantitative estimate of drug-likeness (QED) is 0.763. The maximum atomic E-state index is 12.6. The molecule has 3 amide bonds. The number of benzene rings is 1. The third kappa shape index (κ3) is 5.71. The molecule has 8 heteroatoms. The summed E-state index contributed by atoms with van der Waals surface area (Å²) in [5.41, 5.74) is 1.00. The number of anilines is 1. The lowest BCUT2D eigenvalue weighted by molar-refractivity contribution is 0.0938. The summed E-state index contributed by atoms with van der Waals surface area (Å²) in [5.74, 6) is -0.207. The smallest absolute Gasteiger partial charge is 0.322 e. The van der Waals surface area contributed by atoms with Crippen LogP contribution in [0.2, 0.25) is 5.02 Å². The van der Waals surface area contributed by atoms with E-state index in [1.165, 1.54) is 11.3 Å². The Bertz CT molecular complexity index is 776. The molecule has 6 nitrogen and oxygen atoms in total. The summed E-state index contributed by atoms with van der Waals surface area (Å²) in [6, 6.07) is 6.75. The number of hydrogen-bond acceptors (Lipinski definition) is 4. The molecule has 1 heterocycles. The molecule has 0 radical (unpaired) electrons. The van der Waals surface area contributed by atoms with Gasteiger partial charge in [0.1, 0.15) is 10.7 Å². The highest BCUT2D eigenvalue weighted by atomic mass is 35.5. The molecule has 0 aliphatic carbocycles. The van der Waals surface area contributed by atoms with Crippen LogP contribution in [-0.4, -0.2) is 33.9 Å². The number of amides is 3. The number of nitrogens with zero attached hydrogens (tertiary/aromatic N) is 2. The van der Waals surface area contributed by atoms with Crippen LogP contribution in [0, 0.1) is 0 Å². The Balaban J connectivity index is 2.07. The van der Waals surface area contributed by atoms with Gasteiger partial charge in [0, 0.05) is 28.2 Å². The van der Waals surface area contributed by atoms with Crippen molar-refractivity contribution in [3.63, 3.8) is 0 Å². The lowest BCUT2D eigenvalue weighted by Gasteiger charge is -2.26. The van der Waals surface area contributed by atoms with E-state index in [9.17, 15) is 9.59 Å². The first-order valence-corrected chi connectivity index (χ1v) is 9.60. The molecule has 0 bridgehead atoms. The van der Waals surface area contributed by atoms with Gasteiger partial charge in [0.05, 0.1) is 6.54 Å². The zero-order valence-corrected chi connectivity index (χ0v) is 16.8. The van der Waals surface area contributed by atoms with E-state index >= 15 is 0 Å². The molecule has 0 fully saturated rings. The number of nitrogens with one attached hydrogen (secondary N) is 2. The van der Waals surface area contributed by atoms with Gasteiger partial charge >= 0.3 is 6.03 Å². The topological polar surface area (TPSA) is 74.3 Å². The predicted molar refractivity (Wildman–Crippen MR) is 106 cm³/mol. The van der Waals surface area contributed by atoms with Gasteiger partial charge in [-0.3, -0.25) is 4.79 Å². The molecule has 0 saturated heterocycles. The van der Waals surface area contributed by atoms with Gasteiger partial charge in [-0.2, -0.15) is 0 Å². The van der Waals surface area contributed by atoms with E-state index < -0.39 is 0 Å². The van der Waals surface area contributed by atoms with Crippen molar-refractivity contribution in [1.29, 1.82) is 0 Å². The molecule has 0 aliphatic heterocycles. The highest BCUT2D eigenvalue weighted by molar-refractivity contribution is 7.09. The van der Waals surface area contributed by atoms with Gasteiger partial charge in [-0.15, -0.1) is 11.3 Å². The monoisotopic (exact) mass is 394 g/mol. The minimum Gasteiger partial charge on any atom is -0.349 e. The lowest BCUT2D eigenvalue weighted by atomic mass is 10.3. The van der Waals surface area contributed by atoms with Gasteiger partial charge in [0.2, 0.25) is 0 Å². The summed E-state index contributed by atoms with van der Waals surface area (Å²) in [6.45, 7) is 7.97. The van der Waals surface area contributed by atoms with Crippen LogP contribution in [0.25, 0.3) is 0 Å². The first kappa shape index (κ1) is 20.2. The van der Waals surface area contributed by atoms with Crippen molar-refractivity contribution in [2.24, 2.45) is 0 Å². The summed E-state index contributed by atoms with van der Waals surface area (Å²) in [4.78, 5) is 30.7. The Labute approximate surface area is 162 Å². The first-order chi connectivity index (χ1) is 12.3. The molecule has 140 valence electrons. The minimum absolute atomic E-state index is 0.0361. The molecule has 2 rings (SSSR count). The van der Waals surface area contributed by atoms with E-state index in [4.69, 9.17) is 11.6 Å². The average Bonchev–Trinajstić information content (AvgIpc) is 3.00. The maximum Gasteiger partial charge on any atom is 0.322 e. The highest BCUT2D eigenvalue weighted by Crippen LogP contribution is 2.18. The zero-order chi connectivity index (χ0) is 19.3. The van der Waals surface area contributed by atoms with E-state index in [-0.39, 0.29) is 24.0 Å². The SMILES string of the molecule is CC(C)NC(=O)c1csc(CN(C(=O)Nc2cccc(Cl)c2)C(C)C)n1. The van der Waals surface area contributed by atoms with Gasteiger partial charge in [0.15, 0.2) is 0 Å². The molecule has 1 aromatic carbocycles. The fourth-order valence-electron chi connectivity index (χ4n) is 2.22. The van der Waals surface area contributed by atoms with Crippen LogP contribution in [0.3, 0.4) is 0 Å². The number of thiazole rings is 1. The number of carbonyl (C=O) groups is 2. The second-order valence-corrected chi connectivity index (χ2v) is 7.80. The summed E-state index contributed by atoms with van der Waals surface area (Å²) >= 11 is 7.32. The number of hydrogen-bond donors (Lipinski definition) is 2. The van der Waals surface area contributed by atoms with Gasteiger partial charge in [-0.1, -0.05) is 17.7 Å². The normalized spacial score (nSPS) is 10.9. The number of aromatic nitrogens is 1. The molecule has 0 unspecified atom stereocenters. The summed E-state index contributed by atoms with van der Waals surface area (Å²) in [7, 11) is 0. The molecule has 0 spiro atoms. The summed E-state index contributed by atoms with van der Waals surface area (Å²) in [5, 5.41) is 8.62. The van der Waals surface area contributed by atoms with Crippen molar-refractivity contribution in [3.05, 3.63) is 45.4 Å². The minimum atomic E-state index is -0.245. The number of rotatable bonds is 6. The van der Waals surface area contributed by atoms with Gasteiger partial charge in [-0.25, -0.2) is 9.78 Å². The average molecular weight is 395 g/mol. The van der Waals surface area contributed by atoms with E-state index in [1.54, 1.807) is 34.5 Å². The van der Waals surface area contributed by atoms with Crippen LogP contribution in [-0.2, 0) is 6.54 Å². The maximum absolute atomic E-state index is 12.6. The van der Waals surface area contributed by atoms with Crippen molar-refractivity contribution >= 4 is 40.6 Å². The molecule has 1 aromatic heterocycles. The standard InChI is InChI=1S/C18H23ClN4O2S/c1-11(2)20-17(24)15-10-26-16(22-15)9-23(12(3)4)18(25)21-14-7-5-6-13(19)8-14/h5-8,10-12H,9H2,1-4H3,(H,20,24)(H,21,25). The summed E-state index contributed by atoms with van der Waals surface area (Å²) in [6.07, 6.45) is 0. The third-order valence-electron chi connectivity index (χ3n) is 3.47. The Morgan fingerprint density at radius 3 is 2.62 bits per heavy atom. The van der Waals surface area contributed by atoms with Crippen molar-refractivity contribution in [2.75, 3.05) is 5.32 Å². The number of halogens is 1. The molecular weight excluding hydrogens is 372 g/mol. The lowest BCUT2D eigenvalue weighted by Crippen LogP contribution is -2.39. The fourth-order valence-corrected chi connectivity index (χ4v) is 3.18. The van der Waals surface area contributed by atoms with Crippen molar-refractivity contribution in [1.82, 2.24) is 15.2 Å². The Morgan fingerprint density at radius 1 is 1.27 bits per heavy atom. The molecule has 26 heavy (non-hydrogen) atoms. The van der Waals surface area contributed by atoms with Gasteiger partial charge < -0.3 is 15.5 Å². The van der Waals surface area contributed by atoms with Crippen molar-refractivity contribution < 1.29 is 9.59 Å². The molecule has 0 aliphatic rings. The Hall–Kier alpha value is -2.12. The fraction of sp³-hybridized carbons (Fsp3) is 0.389. The number of urea groups is 1. The first-order valence-electron chi connectivity index (χ1n) is 8.34. The van der Waals surface area contributed by atoms with E-state index in [0.717, 1.165) is 0 Å².